The zero-order chi connectivity index (χ0) is 20.6. The van der Waals surface area contributed by atoms with Crippen LogP contribution in [0.25, 0.3) is 0 Å². The highest BCUT2D eigenvalue weighted by atomic mass is 19.4. The highest BCUT2D eigenvalue weighted by molar-refractivity contribution is 6.02. The van der Waals surface area contributed by atoms with Gasteiger partial charge in [0.15, 0.2) is 0 Å². The summed E-state index contributed by atoms with van der Waals surface area (Å²) in [5.74, 6) is -4.27. The lowest BCUT2D eigenvalue weighted by atomic mass is 10.1. The maximum absolute atomic E-state index is 11.7. The molecule has 2 amide bonds. The van der Waals surface area contributed by atoms with Crippen molar-refractivity contribution < 1.29 is 42.2 Å². The van der Waals surface area contributed by atoms with Gasteiger partial charge in [0, 0.05) is 6.42 Å². The van der Waals surface area contributed by atoms with Crippen LogP contribution in [0.4, 0.5) is 13.2 Å². The third kappa shape index (κ3) is 7.44. The Labute approximate surface area is 151 Å². The number of hydrogen-bond donors (Lipinski definition) is 2. The molecule has 8 nitrogen and oxygen atoms in total. The van der Waals surface area contributed by atoms with Gasteiger partial charge in [0.2, 0.25) is 11.8 Å². The van der Waals surface area contributed by atoms with Crippen molar-refractivity contribution in [2.75, 3.05) is 6.54 Å². The van der Waals surface area contributed by atoms with E-state index in [1.54, 1.807) is 0 Å². The summed E-state index contributed by atoms with van der Waals surface area (Å²) >= 11 is 0. The van der Waals surface area contributed by atoms with Gasteiger partial charge in [-0.15, -0.1) is 0 Å². The standard InChI is InChI=1S/C14H16N2O4.C2HF3O2/c15-11-6-7-12(17)16(14(11)19)8-13(18)20-9-10-4-2-1-3-5-10;3-2(4,5)1(6)7/h1-5,11H,6-9,15H2;(H,6,7)/t11-;/m0./s1. The lowest BCUT2D eigenvalue weighted by Crippen LogP contribution is -2.52. The first-order valence-corrected chi connectivity index (χ1v) is 7.61. The summed E-state index contributed by atoms with van der Waals surface area (Å²) in [5.41, 5.74) is 6.42. The van der Waals surface area contributed by atoms with Crippen LogP contribution in [0.1, 0.15) is 18.4 Å². The second kappa shape index (κ2) is 9.67. The molecule has 0 aliphatic carbocycles. The van der Waals surface area contributed by atoms with E-state index in [0.29, 0.717) is 6.42 Å². The van der Waals surface area contributed by atoms with Crippen LogP contribution in [0.3, 0.4) is 0 Å². The summed E-state index contributed by atoms with van der Waals surface area (Å²) in [7, 11) is 0. The average Bonchev–Trinajstić information content (AvgIpc) is 2.61. The Morgan fingerprint density at radius 2 is 1.78 bits per heavy atom. The maximum atomic E-state index is 11.7. The predicted molar refractivity (Wildman–Crippen MR) is 83.9 cm³/mol. The molecule has 148 valence electrons. The fourth-order valence-electron chi connectivity index (χ4n) is 1.94. The fraction of sp³-hybridized carbons (Fsp3) is 0.375. The molecule has 0 unspecified atom stereocenters. The van der Waals surface area contributed by atoms with Crippen LogP contribution in [0.5, 0.6) is 0 Å². The van der Waals surface area contributed by atoms with Gasteiger partial charge >= 0.3 is 18.1 Å². The molecular weight excluding hydrogens is 373 g/mol. The van der Waals surface area contributed by atoms with E-state index in [4.69, 9.17) is 20.4 Å². The van der Waals surface area contributed by atoms with Crippen molar-refractivity contribution in [3.05, 3.63) is 35.9 Å². The summed E-state index contributed by atoms with van der Waals surface area (Å²) in [4.78, 5) is 44.8. The number of halogens is 3. The van der Waals surface area contributed by atoms with Crippen molar-refractivity contribution >= 4 is 23.8 Å². The SMILES string of the molecule is N[C@H]1CCC(=O)N(CC(=O)OCc2ccccc2)C1=O.O=C(O)C(F)(F)F. The van der Waals surface area contributed by atoms with E-state index in [0.717, 1.165) is 10.5 Å². The van der Waals surface area contributed by atoms with E-state index in [-0.39, 0.29) is 25.5 Å². The van der Waals surface area contributed by atoms with E-state index in [1.807, 2.05) is 30.3 Å². The summed E-state index contributed by atoms with van der Waals surface area (Å²) in [5, 5.41) is 7.12. The number of carbonyl (C=O) groups is 4. The van der Waals surface area contributed by atoms with Gasteiger partial charge in [0.05, 0.1) is 6.04 Å². The third-order valence-corrected chi connectivity index (χ3v) is 3.33. The number of ether oxygens (including phenoxy) is 1. The van der Waals surface area contributed by atoms with Crippen LogP contribution < -0.4 is 5.73 Å². The lowest BCUT2D eigenvalue weighted by molar-refractivity contribution is -0.192. The van der Waals surface area contributed by atoms with Crippen molar-refractivity contribution in [3.8, 4) is 0 Å². The topological polar surface area (TPSA) is 127 Å². The molecule has 1 aromatic carbocycles. The monoisotopic (exact) mass is 390 g/mol. The van der Waals surface area contributed by atoms with Crippen molar-refractivity contribution in [2.45, 2.75) is 31.7 Å². The molecule has 0 spiro atoms. The Hall–Kier alpha value is -2.95. The molecule has 1 atom stereocenters. The first-order valence-electron chi connectivity index (χ1n) is 7.61. The van der Waals surface area contributed by atoms with Gasteiger partial charge in [0.1, 0.15) is 13.2 Å². The quantitative estimate of drug-likeness (QED) is 0.576. The molecule has 0 bridgehead atoms. The zero-order valence-corrected chi connectivity index (χ0v) is 13.9. The molecule has 1 fully saturated rings. The van der Waals surface area contributed by atoms with Gasteiger partial charge in [-0.05, 0) is 12.0 Å². The first-order chi connectivity index (χ1) is 12.5. The van der Waals surface area contributed by atoms with Crippen LogP contribution in [0, 0.1) is 0 Å². The predicted octanol–water partition coefficient (Wildman–Crippen LogP) is 0.839. The van der Waals surface area contributed by atoms with Gasteiger partial charge in [-0.3, -0.25) is 19.3 Å². The number of carbonyl (C=O) groups excluding carboxylic acids is 3. The molecule has 0 aromatic heterocycles. The van der Waals surface area contributed by atoms with Crippen LogP contribution >= 0.6 is 0 Å². The smallest absolute Gasteiger partial charge is 0.475 e. The minimum absolute atomic E-state index is 0.113. The molecular formula is C16H17F3N2O6. The van der Waals surface area contributed by atoms with Crippen LogP contribution in [-0.4, -0.2) is 52.5 Å². The highest BCUT2D eigenvalue weighted by Crippen LogP contribution is 2.13. The molecule has 1 aliphatic heterocycles. The minimum Gasteiger partial charge on any atom is -0.475 e. The van der Waals surface area contributed by atoms with Gasteiger partial charge < -0.3 is 15.6 Å². The zero-order valence-electron chi connectivity index (χ0n) is 13.9. The van der Waals surface area contributed by atoms with Crippen molar-refractivity contribution in [2.24, 2.45) is 5.73 Å². The summed E-state index contributed by atoms with van der Waals surface area (Å²) < 4.78 is 36.8. The second-order valence-corrected chi connectivity index (χ2v) is 5.41. The molecule has 1 heterocycles. The van der Waals surface area contributed by atoms with Crippen LogP contribution in [-0.2, 0) is 30.5 Å². The first kappa shape index (κ1) is 22.1. The number of aliphatic carboxylic acids is 1. The average molecular weight is 390 g/mol. The van der Waals surface area contributed by atoms with E-state index in [2.05, 4.69) is 0 Å². The Morgan fingerprint density at radius 1 is 1.22 bits per heavy atom. The number of amides is 2. The normalized spacial score (nSPS) is 17.0. The molecule has 3 N–H and O–H groups in total. The highest BCUT2D eigenvalue weighted by Gasteiger charge is 2.38. The lowest BCUT2D eigenvalue weighted by Gasteiger charge is -2.27. The van der Waals surface area contributed by atoms with Crippen molar-refractivity contribution in [1.82, 2.24) is 4.90 Å². The molecule has 0 saturated carbocycles. The third-order valence-electron chi connectivity index (χ3n) is 3.33. The van der Waals surface area contributed by atoms with Crippen LogP contribution in [0.15, 0.2) is 30.3 Å². The van der Waals surface area contributed by atoms with Gasteiger partial charge in [-0.2, -0.15) is 13.2 Å². The van der Waals surface area contributed by atoms with Gasteiger partial charge in [-0.1, -0.05) is 30.3 Å². The largest absolute Gasteiger partial charge is 0.490 e. The molecule has 1 aromatic rings. The number of rotatable bonds is 4. The van der Waals surface area contributed by atoms with E-state index >= 15 is 0 Å². The Bertz CT molecular complexity index is 693. The fourth-order valence-corrected chi connectivity index (χ4v) is 1.94. The molecule has 11 heteroatoms. The molecule has 0 radical (unpaired) electrons. The molecule has 1 saturated heterocycles. The number of likely N-dealkylation sites (tertiary alicyclic amines) is 1. The summed E-state index contributed by atoms with van der Waals surface area (Å²) in [6, 6.07) is 8.45. The van der Waals surface area contributed by atoms with E-state index in [1.165, 1.54) is 0 Å². The number of piperidine rings is 1. The maximum Gasteiger partial charge on any atom is 0.490 e. The number of imide groups is 1. The van der Waals surface area contributed by atoms with Crippen LogP contribution in [0.2, 0.25) is 0 Å². The number of benzene rings is 1. The Kier molecular flexibility index (Phi) is 7.91. The molecule has 27 heavy (non-hydrogen) atoms. The minimum atomic E-state index is -5.08. The Balaban J connectivity index is 0.000000445. The van der Waals surface area contributed by atoms with Crippen molar-refractivity contribution in [1.29, 1.82) is 0 Å². The summed E-state index contributed by atoms with van der Waals surface area (Å²) in [6.45, 7) is -0.264. The summed E-state index contributed by atoms with van der Waals surface area (Å²) in [6.07, 6.45) is -4.58. The number of hydrogen-bond acceptors (Lipinski definition) is 6. The molecule has 2 rings (SSSR count). The second-order valence-electron chi connectivity index (χ2n) is 5.41. The molecule has 1 aliphatic rings. The number of carboxylic acids is 1. The number of nitrogens with zero attached hydrogens (tertiary/aromatic N) is 1. The number of nitrogens with two attached hydrogens (primary N) is 1. The number of esters is 1. The Morgan fingerprint density at radius 3 is 2.30 bits per heavy atom. The van der Waals surface area contributed by atoms with E-state index < -0.39 is 30.1 Å². The number of alkyl halides is 3. The van der Waals surface area contributed by atoms with Crippen molar-refractivity contribution in [3.63, 3.8) is 0 Å². The van der Waals surface area contributed by atoms with E-state index in [9.17, 15) is 27.6 Å². The number of carboxylic acid groups (broad SMARTS) is 1. The van der Waals surface area contributed by atoms with Gasteiger partial charge in [0.25, 0.3) is 0 Å². The van der Waals surface area contributed by atoms with Gasteiger partial charge in [-0.25, -0.2) is 4.79 Å².